The molecule has 0 aromatic carbocycles. The van der Waals surface area contributed by atoms with Crippen molar-refractivity contribution in [3.05, 3.63) is 32.5 Å². The predicted molar refractivity (Wildman–Crippen MR) is 94.9 cm³/mol. The van der Waals surface area contributed by atoms with Crippen LogP contribution in [0.1, 0.15) is 47.8 Å². The number of fused-ring (bicyclic) bond motifs is 1. The molecule has 3 heterocycles. The normalized spacial score (nSPS) is 14.6. The van der Waals surface area contributed by atoms with Crippen molar-refractivity contribution in [1.82, 2.24) is 19.7 Å². The molecule has 4 rings (SSSR count). The van der Waals surface area contributed by atoms with Crippen molar-refractivity contribution in [2.75, 3.05) is 0 Å². The average Bonchev–Trinajstić information content (AvgIpc) is 3.23. The van der Waals surface area contributed by atoms with E-state index in [0.29, 0.717) is 29.2 Å². The van der Waals surface area contributed by atoms with Crippen LogP contribution in [0.3, 0.4) is 0 Å². The molecule has 1 aliphatic rings. The van der Waals surface area contributed by atoms with Crippen molar-refractivity contribution in [2.24, 2.45) is 0 Å². The molecule has 0 aliphatic heterocycles. The molecule has 8 heteroatoms. The SMILES string of the molecule is CCn1c(SCc2noc(C3CC3)n2)nc2sc(C)c(C)c2c1=O. The van der Waals surface area contributed by atoms with Crippen molar-refractivity contribution >= 4 is 33.3 Å². The molecule has 0 bridgehead atoms. The van der Waals surface area contributed by atoms with Crippen LogP contribution in [0.2, 0.25) is 0 Å². The Labute approximate surface area is 147 Å². The number of nitrogens with zero attached hydrogens (tertiary/aromatic N) is 4. The monoisotopic (exact) mass is 362 g/mol. The van der Waals surface area contributed by atoms with Gasteiger partial charge in [-0.2, -0.15) is 4.98 Å². The van der Waals surface area contributed by atoms with Crippen molar-refractivity contribution in [3.63, 3.8) is 0 Å². The Kier molecular flexibility index (Phi) is 3.96. The molecule has 1 aliphatic carbocycles. The van der Waals surface area contributed by atoms with E-state index < -0.39 is 0 Å². The van der Waals surface area contributed by atoms with Gasteiger partial charge in [0.15, 0.2) is 11.0 Å². The van der Waals surface area contributed by atoms with E-state index in [2.05, 4.69) is 10.1 Å². The van der Waals surface area contributed by atoms with E-state index in [1.54, 1.807) is 15.9 Å². The summed E-state index contributed by atoms with van der Waals surface area (Å²) in [6, 6.07) is 0. The molecule has 0 amide bonds. The Morgan fingerprint density at radius 1 is 1.33 bits per heavy atom. The van der Waals surface area contributed by atoms with E-state index in [1.165, 1.54) is 11.8 Å². The van der Waals surface area contributed by atoms with Gasteiger partial charge in [0.25, 0.3) is 5.56 Å². The Hall–Kier alpha value is -1.67. The second-order valence-corrected chi connectivity index (χ2v) is 8.16. The molecular weight excluding hydrogens is 344 g/mol. The molecule has 3 aromatic heterocycles. The number of hydrogen-bond acceptors (Lipinski definition) is 7. The van der Waals surface area contributed by atoms with Crippen molar-refractivity contribution < 1.29 is 4.52 Å². The molecule has 0 radical (unpaired) electrons. The molecule has 6 nitrogen and oxygen atoms in total. The van der Waals surface area contributed by atoms with Crippen molar-refractivity contribution in [3.8, 4) is 0 Å². The summed E-state index contributed by atoms with van der Waals surface area (Å²) in [6.45, 7) is 6.58. The predicted octanol–water partition coefficient (Wildman–Crippen LogP) is 3.65. The van der Waals surface area contributed by atoms with Crippen LogP contribution < -0.4 is 5.56 Å². The molecule has 126 valence electrons. The van der Waals surface area contributed by atoms with E-state index >= 15 is 0 Å². The smallest absolute Gasteiger partial charge is 0.263 e. The average molecular weight is 362 g/mol. The summed E-state index contributed by atoms with van der Waals surface area (Å²) in [5.74, 6) is 2.41. The first kappa shape index (κ1) is 15.8. The summed E-state index contributed by atoms with van der Waals surface area (Å²) in [4.78, 5) is 23.9. The number of aromatic nitrogens is 4. The molecule has 1 saturated carbocycles. The van der Waals surface area contributed by atoms with Gasteiger partial charge in [0, 0.05) is 17.3 Å². The van der Waals surface area contributed by atoms with Gasteiger partial charge < -0.3 is 4.52 Å². The third kappa shape index (κ3) is 2.67. The largest absolute Gasteiger partial charge is 0.339 e. The lowest BCUT2D eigenvalue weighted by molar-refractivity contribution is 0.375. The van der Waals surface area contributed by atoms with Crippen LogP contribution in [0.4, 0.5) is 0 Å². The summed E-state index contributed by atoms with van der Waals surface area (Å²) in [5, 5.41) is 5.50. The van der Waals surface area contributed by atoms with Crippen LogP contribution in [0, 0.1) is 13.8 Å². The zero-order valence-corrected chi connectivity index (χ0v) is 15.5. The molecule has 0 saturated heterocycles. The van der Waals surface area contributed by atoms with Gasteiger partial charge in [-0.15, -0.1) is 11.3 Å². The molecule has 24 heavy (non-hydrogen) atoms. The molecule has 3 aromatic rings. The van der Waals surface area contributed by atoms with Crippen molar-refractivity contribution in [1.29, 1.82) is 0 Å². The highest BCUT2D eigenvalue weighted by Crippen LogP contribution is 2.39. The van der Waals surface area contributed by atoms with E-state index in [0.717, 1.165) is 39.4 Å². The maximum Gasteiger partial charge on any atom is 0.263 e. The van der Waals surface area contributed by atoms with Crippen LogP contribution in [0.5, 0.6) is 0 Å². The van der Waals surface area contributed by atoms with Crippen LogP contribution in [-0.4, -0.2) is 19.7 Å². The fraction of sp³-hybridized carbons (Fsp3) is 0.500. The van der Waals surface area contributed by atoms with Gasteiger partial charge in [0.2, 0.25) is 5.89 Å². The van der Waals surface area contributed by atoms with Gasteiger partial charge >= 0.3 is 0 Å². The third-order valence-corrected chi connectivity index (χ3v) is 6.38. The quantitative estimate of drug-likeness (QED) is 0.509. The molecular formula is C16H18N4O2S2. The summed E-state index contributed by atoms with van der Waals surface area (Å²) in [5.41, 5.74) is 1.08. The topological polar surface area (TPSA) is 73.8 Å². The number of hydrogen-bond donors (Lipinski definition) is 0. The maximum atomic E-state index is 12.8. The molecule has 0 spiro atoms. The lowest BCUT2D eigenvalue weighted by atomic mass is 10.2. The first-order valence-corrected chi connectivity index (χ1v) is 9.84. The highest BCUT2D eigenvalue weighted by atomic mass is 32.2. The summed E-state index contributed by atoms with van der Waals surface area (Å²) in [7, 11) is 0. The molecule has 0 unspecified atom stereocenters. The highest BCUT2D eigenvalue weighted by Gasteiger charge is 2.29. The number of rotatable bonds is 5. The standard InChI is InChI=1S/C16H18N4O2S2/c1-4-20-15(21)12-8(2)9(3)24-14(12)18-16(20)23-7-11-17-13(22-19-11)10-5-6-10/h10H,4-7H2,1-3H3. The van der Waals surface area contributed by atoms with Gasteiger partial charge in [0.1, 0.15) is 4.83 Å². The zero-order chi connectivity index (χ0) is 16.8. The number of aryl methyl sites for hydroxylation is 2. The van der Waals surface area contributed by atoms with Crippen LogP contribution in [0.25, 0.3) is 10.2 Å². The maximum absolute atomic E-state index is 12.8. The highest BCUT2D eigenvalue weighted by molar-refractivity contribution is 7.98. The third-order valence-electron chi connectivity index (χ3n) is 4.31. The summed E-state index contributed by atoms with van der Waals surface area (Å²) < 4.78 is 7.02. The van der Waals surface area contributed by atoms with Gasteiger partial charge in [-0.3, -0.25) is 9.36 Å². The zero-order valence-electron chi connectivity index (χ0n) is 13.8. The first-order chi connectivity index (χ1) is 11.6. The van der Waals surface area contributed by atoms with Crippen LogP contribution in [-0.2, 0) is 12.3 Å². The minimum absolute atomic E-state index is 0.0404. The Bertz CT molecular complexity index is 969. The van der Waals surface area contributed by atoms with E-state index in [4.69, 9.17) is 9.51 Å². The summed E-state index contributed by atoms with van der Waals surface area (Å²) in [6.07, 6.45) is 2.28. The molecule has 0 N–H and O–H groups in total. The van der Waals surface area contributed by atoms with Crippen molar-refractivity contribution in [2.45, 2.75) is 57.0 Å². The van der Waals surface area contributed by atoms with Gasteiger partial charge in [-0.1, -0.05) is 16.9 Å². The lowest BCUT2D eigenvalue weighted by Gasteiger charge is -2.08. The van der Waals surface area contributed by atoms with Gasteiger partial charge in [0.05, 0.1) is 11.1 Å². The lowest BCUT2D eigenvalue weighted by Crippen LogP contribution is -2.22. The van der Waals surface area contributed by atoms with E-state index in [-0.39, 0.29) is 5.56 Å². The van der Waals surface area contributed by atoms with Gasteiger partial charge in [-0.05, 0) is 39.2 Å². The van der Waals surface area contributed by atoms with Crippen LogP contribution in [0.15, 0.2) is 14.5 Å². The second kappa shape index (κ2) is 6.00. The Morgan fingerprint density at radius 2 is 2.12 bits per heavy atom. The van der Waals surface area contributed by atoms with Crippen LogP contribution >= 0.6 is 23.1 Å². The molecule has 1 fully saturated rings. The van der Waals surface area contributed by atoms with E-state index in [1.807, 2.05) is 20.8 Å². The van der Waals surface area contributed by atoms with E-state index in [9.17, 15) is 4.79 Å². The molecule has 0 atom stereocenters. The first-order valence-electron chi connectivity index (χ1n) is 8.04. The Morgan fingerprint density at radius 3 is 2.83 bits per heavy atom. The number of thiophene rings is 1. The minimum Gasteiger partial charge on any atom is -0.339 e. The summed E-state index contributed by atoms with van der Waals surface area (Å²) >= 11 is 3.06. The minimum atomic E-state index is 0.0404. The fourth-order valence-corrected chi connectivity index (χ4v) is 4.63. The van der Waals surface area contributed by atoms with Gasteiger partial charge in [-0.25, -0.2) is 4.98 Å². The fourth-order valence-electron chi connectivity index (χ4n) is 2.65. The second-order valence-electron chi connectivity index (χ2n) is 6.02. The Balaban J connectivity index is 1.66. The number of thioether (sulfide) groups is 1.